The first kappa shape index (κ1) is 11.7. The zero-order chi connectivity index (χ0) is 10.1. The van der Waals surface area contributed by atoms with Gasteiger partial charge in [0, 0.05) is 6.61 Å². The van der Waals surface area contributed by atoms with Crippen LogP contribution in [0.15, 0.2) is 12.2 Å². The van der Waals surface area contributed by atoms with Crippen molar-refractivity contribution in [2.45, 2.75) is 45.1 Å². The third-order valence-corrected chi connectivity index (χ3v) is 2.30. The smallest absolute Gasteiger partial charge is 0.0810 e. The number of rotatable bonds is 9. The van der Waals surface area contributed by atoms with E-state index >= 15 is 0 Å². The molecule has 2 nitrogen and oxygen atoms in total. The molecule has 1 heterocycles. The molecule has 1 aliphatic rings. The van der Waals surface area contributed by atoms with Crippen LogP contribution in [0.1, 0.15) is 39.0 Å². The lowest BCUT2D eigenvalue weighted by Crippen LogP contribution is -1.96. The minimum absolute atomic E-state index is 0.586. The Hall–Kier alpha value is -0.340. The zero-order valence-electron chi connectivity index (χ0n) is 9.21. The maximum Gasteiger partial charge on any atom is 0.0810 e. The molecule has 0 saturated carbocycles. The minimum atomic E-state index is 0.586. The fourth-order valence-corrected chi connectivity index (χ4v) is 1.35. The summed E-state index contributed by atoms with van der Waals surface area (Å²) in [4.78, 5) is 0. The normalized spacial score (nSPS) is 20.5. The molecule has 0 spiro atoms. The van der Waals surface area contributed by atoms with Crippen LogP contribution >= 0.6 is 0 Å². The van der Waals surface area contributed by atoms with Crippen molar-refractivity contribution in [1.82, 2.24) is 0 Å². The Labute approximate surface area is 87.3 Å². The summed E-state index contributed by atoms with van der Waals surface area (Å²) < 4.78 is 10.6. The van der Waals surface area contributed by atoms with Crippen molar-refractivity contribution in [3.8, 4) is 0 Å². The molecule has 0 aromatic heterocycles. The van der Waals surface area contributed by atoms with E-state index < -0.39 is 0 Å². The van der Waals surface area contributed by atoms with Crippen LogP contribution in [0.2, 0.25) is 0 Å². The fraction of sp³-hybridized carbons (Fsp3) is 0.833. The predicted molar refractivity (Wildman–Crippen MR) is 58.5 cm³/mol. The molecule has 1 saturated heterocycles. The lowest BCUT2D eigenvalue weighted by Gasteiger charge is -2.01. The summed E-state index contributed by atoms with van der Waals surface area (Å²) in [7, 11) is 0. The summed E-state index contributed by atoms with van der Waals surface area (Å²) in [6.45, 7) is 4.92. The van der Waals surface area contributed by atoms with E-state index in [4.69, 9.17) is 9.47 Å². The van der Waals surface area contributed by atoms with Gasteiger partial charge in [0.05, 0.1) is 19.3 Å². The van der Waals surface area contributed by atoms with Crippen molar-refractivity contribution in [3.05, 3.63) is 12.2 Å². The van der Waals surface area contributed by atoms with Crippen molar-refractivity contribution in [3.63, 3.8) is 0 Å². The summed E-state index contributed by atoms with van der Waals surface area (Å²) in [5, 5.41) is 0. The molecule has 14 heavy (non-hydrogen) atoms. The van der Waals surface area contributed by atoms with E-state index in [2.05, 4.69) is 19.1 Å². The highest BCUT2D eigenvalue weighted by atomic mass is 16.6. The second-order valence-corrected chi connectivity index (χ2v) is 3.73. The minimum Gasteiger partial charge on any atom is -0.381 e. The third-order valence-electron chi connectivity index (χ3n) is 2.30. The highest BCUT2D eigenvalue weighted by Crippen LogP contribution is 2.16. The van der Waals surface area contributed by atoms with Crippen LogP contribution in [0.25, 0.3) is 0 Å². The van der Waals surface area contributed by atoms with E-state index in [0.29, 0.717) is 6.10 Å². The molecule has 1 atom stereocenters. The van der Waals surface area contributed by atoms with Crippen molar-refractivity contribution in [2.24, 2.45) is 0 Å². The van der Waals surface area contributed by atoms with Crippen LogP contribution in [0.3, 0.4) is 0 Å². The monoisotopic (exact) mass is 198 g/mol. The summed E-state index contributed by atoms with van der Waals surface area (Å²) in [5.41, 5.74) is 0. The number of hydrogen-bond donors (Lipinski definition) is 0. The van der Waals surface area contributed by atoms with Crippen LogP contribution in [0.5, 0.6) is 0 Å². The first-order valence-electron chi connectivity index (χ1n) is 5.78. The van der Waals surface area contributed by atoms with Gasteiger partial charge in [-0.05, 0) is 32.1 Å². The van der Waals surface area contributed by atoms with Crippen molar-refractivity contribution in [2.75, 3.05) is 19.8 Å². The summed E-state index contributed by atoms with van der Waals surface area (Å²) in [6.07, 6.45) is 10.8. The van der Waals surface area contributed by atoms with E-state index in [9.17, 15) is 0 Å². The molecule has 0 aromatic rings. The van der Waals surface area contributed by atoms with Crippen LogP contribution in [-0.2, 0) is 9.47 Å². The number of epoxide rings is 1. The van der Waals surface area contributed by atoms with Crippen molar-refractivity contribution >= 4 is 0 Å². The maximum atomic E-state index is 5.49. The molecule has 0 bridgehead atoms. The number of allylic oxidation sites excluding steroid dienone is 1. The van der Waals surface area contributed by atoms with Gasteiger partial charge in [-0.1, -0.05) is 19.1 Å². The van der Waals surface area contributed by atoms with Crippen molar-refractivity contribution in [1.29, 1.82) is 0 Å². The van der Waals surface area contributed by atoms with Gasteiger partial charge in [0.1, 0.15) is 0 Å². The summed E-state index contributed by atoms with van der Waals surface area (Å²) in [5.74, 6) is 0. The molecule has 1 unspecified atom stereocenters. The number of hydrogen-bond acceptors (Lipinski definition) is 2. The third kappa shape index (κ3) is 7.10. The maximum absolute atomic E-state index is 5.49. The second-order valence-electron chi connectivity index (χ2n) is 3.73. The largest absolute Gasteiger partial charge is 0.381 e. The van der Waals surface area contributed by atoms with Crippen molar-refractivity contribution < 1.29 is 9.47 Å². The highest BCUT2D eigenvalue weighted by Gasteiger charge is 2.20. The molecule has 0 aromatic carbocycles. The van der Waals surface area contributed by atoms with Gasteiger partial charge in [0.25, 0.3) is 0 Å². The van der Waals surface area contributed by atoms with E-state index in [1.54, 1.807) is 0 Å². The van der Waals surface area contributed by atoms with Gasteiger partial charge in [-0.15, -0.1) is 0 Å². The first-order chi connectivity index (χ1) is 6.93. The molecule has 1 aliphatic heterocycles. The van der Waals surface area contributed by atoms with E-state index in [-0.39, 0.29) is 0 Å². The lowest BCUT2D eigenvalue weighted by molar-refractivity contribution is 0.134. The Morgan fingerprint density at radius 3 is 2.86 bits per heavy atom. The molecule has 0 N–H and O–H groups in total. The Bertz CT molecular complexity index is 150. The van der Waals surface area contributed by atoms with Crippen LogP contribution < -0.4 is 0 Å². The van der Waals surface area contributed by atoms with Gasteiger partial charge in [0.2, 0.25) is 0 Å². The number of ether oxygens (including phenoxy) is 2. The lowest BCUT2D eigenvalue weighted by atomic mass is 10.2. The molecule has 1 fully saturated rings. The molecular formula is C12H22O2. The van der Waals surface area contributed by atoms with E-state index in [0.717, 1.165) is 32.7 Å². The SMILES string of the molecule is CC/C=C/CCOCCCCC1CO1. The second kappa shape index (κ2) is 8.01. The number of unbranched alkanes of at least 4 members (excludes halogenated alkanes) is 1. The van der Waals surface area contributed by atoms with Crippen LogP contribution in [0.4, 0.5) is 0 Å². The molecule has 0 aliphatic carbocycles. The van der Waals surface area contributed by atoms with Gasteiger partial charge < -0.3 is 9.47 Å². The van der Waals surface area contributed by atoms with Crippen LogP contribution in [-0.4, -0.2) is 25.9 Å². The quantitative estimate of drug-likeness (QED) is 0.323. The Balaban J connectivity index is 1.68. The van der Waals surface area contributed by atoms with Gasteiger partial charge in [-0.25, -0.2) is 0 Å². The Morgan fingerprint density at radius 2 is 2.14 bits per heavy atom. The van der Waals surface area contributed by atoms with Gasteiger partial charge in [0.15, 0.2) is 0 Å². The molecule has 1 rings (SSSR count). The van der Waals surface area contributed by atoms with Gasteiger partial charge in [-0.3, -0.25) is 0 Å². The van der Waals surface area contributed by atoms with E-state index in [1.807, 2.05) is 0 Å². The Morgan fingerprint density at radius 1 is 1.29 bits per heavy atom. The summed E-state index contributed by atoms with van der Waals surface area (Å²) in [6, 6.07) is 0. The van der Waals surface area contributed by atoms with Gasteiger partial charge in [-0.2, -0.15) is 0 Å². The molecule has 2 heteroatoms. The van der Waals surface area contributed by atoms with Gasteiger partial charge >= 0.3 is 0 Å². The zero-order valence-corrected chi connectivity index (χ0v) is 9.21. The molecule has 0 amide bonds. The first-order valence-corrected chi connectivity index (χ1v) is 5.78. The highest BCUT2D eigenvalue weighted by molar-refractivity contribution is 4.79. The molecule has 82 valence electrons. The fourth-order valence-electron chi connectivity index (χ4n) is 1.35. The Kier molecular flexibility index (Phi) is 6.71. The average molecular weight is 198 g/mol. The topological polar surface area (TPSA) is 21.8 Å². The predicted octanol–water partition coefficient (Wildman–Crippen LogP) is 2.93. The van der Waals surface area contributed by atoms with E-state index in [1.165, 1.54) is 19.3 Å². The molecular weight excluding hydrogens is 176 g/mol. The average Bonchev–Trinajstić information content (AvgIpc) is 2.99. The summed E-state index contributed by atoms with van der Waals surface area (Å²) >= 11 is 0. The standard InChI is InChI=1S/C12H22O2/c1-2-3-4-6-9-13-10-7-5-8-12-11-14-12/h3-4,12H,2,5-11H2,1H3/b4-3+. The van der Waals surface area contributed by atoms with Crippen LogP contribution in [0, 0.1) is 0 Å². The molecule has 0 radical (unpaired) electrons.